The van der Waals surface area contributed by atoms with Crippen LogP contribution in [0, 0.1) is 25.5 Å². The summed E-state index contributed by atoms with van der Waals surface area (Å²) in [4.78, 5) is 31.7. The van der Waals surface area contributed by atoms with Crippen LogP contribution in [0.3, 0.4) is 0 Å². The first-order valence-electron chi connectivity index (χ1n) is 12.2. The Hall–Kier alpha value is -4.45. The van der Waals surface area contributed by atoms with Gasteiger partial charge in [0.2, 0.25) is 5.91 Å². The van der Waals surface area contributed by atoms with Crippen LogP contribution in [0.5, 0.6) is 0 Å². The highest BCUT2D eigenvalue weighted by molar-refractivity contribution is 7.09. The Balaban J connectivity index is 1.57. The average molecular weight is 550 g/mol. The van der Waals surface area contributed by atoms with Gasteiger partial charge in [0.05, 0.1) is 28.0 Å². The fourth-order valence-electron chi connectivity index (χ4n) is 5.17. The molecule has 0 saturated carbocycles. The molecule has 0 spiro atoms. The van der Waals surface area contributed by atoms with E-state index in [4.69, 9.17) is 9.51 Å². The first kappa shape index (κ1) is 24.9. The number of carboxylic acids is 1. The number of pyridine rings is 1. The number of fused-ring (bicyclic) bond motifs is 1. The third-order valence-corrected chi connectivity index (χ3v) is 7.68. The number of anilines is 1. The van der Waals surface area contributed by atoms with E-state index < -0.39 is 23.6 Å². The van der Waals surface area contributed by atoms with Gasteiger partial charge in [-0.15, -0.1) is 0 Å². The minimum Gasteiger partial charge on any atom is -0.476 e. The van der Waals surface area contributed by atoms with Crippen molar-refractivity contribution >= 4 is 34.7 Å². The standard InChI is InChI=1S/C27H21F2N5O4S/c1-13-24(14(2)38-31-13)15-8-9-33-22(10-15)30-25(26(33)21-12-19(27(36)37)32-39-21)20-4-3-5-23(35)34(20)16-6-7-17(28)18(29)11-16/h6-12,20H,3-5H2,1-2H3,(H,36,37)/t20-/m0/s1. The van der Waals surface area contributed by atoms with E-state index in [0.717, 1.165) is 40.5 Å². The lowest BCUT2D eigenvalue weighted by atomic mass is 9.96. The molecule has 0 bridgehead atoms. The Bertz CT molecular complexity index is 1760. The van der Waals surface area contributed by atoms with Gasteiger partial charge in [-0.2, -0.15) is 4.37 Å². The van der Waals surface area contributed by atoms with Crippen molar-refractivity contribution in [3.05, 3.63) is 77.1 Å². The molecule has 0 aliphatic carbocycles. The maximum absolute atomic E-state index is 14.2. The van der Waals surface area contributed by atoms with Crippen LogP contribution in [0.15, 0.2) is 47.1 Å². The summed E-state index contributed by atoms with van der Waals surface area (Å²) in [5, 5.41) is 13.5. The molecule has 1 aromatic carbocycles. The number of nitrogens with zero attached hydrogens (tertiary/aromatic N) is 5. The highest BCUT2D eigenvalue weighted by atomic mass is 32.1. The molecule has 4 aromatic heterocycles. The lowest BCUT2D eigenvalue weighted by molar-refractivity contribution is -0.120. The number of halogens is 2. The number of rotatable bonds is 5. The van der Waals surface area contributed by atoms with E-state index in [2.05, 4.69) is 9.53 Å². The van der Waals surface area contributed by atoms with Gasteiger partial charge >= 0.3 is 5.97 Å². The van der Waals surface area contributed by atoms with Crippen molar-refractivity contribution in [2.75, 3.05) is 4.90 Å². The third-order valence-electron chi connectivity index (χ3n) is 6.88. The summed E-state index contributed by atoms with van der Waals surface area (Å²) in [7, 11) is 0. The molecule has 1 fully saturated rings. The van der Waals surface area contributed by atoms with Crippen molar-refractivity contribution in [1.82, 2.24) is 18.9 Å². The second kappa shape index (κ2) is 9.38. The Labute approximate surface area is 224 Å². The molecule has 6 rings (SSSR count). The van der Waals surface area contributed by atoms with Gasteiger partial charge in [0.25, 0.3) is 0 Å². The summed E-state index contributed by atoms with van der Waals surface area (Å²) in [6.45, 7) is 3.66. The zero-order valence-corrected chi connectivity index (χ0v) is 21.6. The van der Waals surface area contributed by atoms with Crippen LogP contribution in [0.4, 0.5) is 14.5 Å². The lowest BCUT2D eigenvalue weighted by Crippen LogP contribution is -2.38. The molecule has 1 atom stereocenters. The fourth-order valence-corrected chi connectivity index (χ4v) is 5.95. The van der Waals surface area contributed by atoms with E-state index in [1.165, 1.54) is 17.0 Å². The molecule has 0 unspecified atom stereocenters. The van der Waals surface area contributed by atoms with Gasteiger partial charge in [-0.3, -0.25) is 9.20 Å². The molecule has 0 radical (unpaired) electrons. The van der Waals surface area contributed by atoms with Gasteiger partial charge in [0.1, 0.15) is 11.4 Å². The number of carbonyl (C=O) groups is 2. The largest absolute Gasteiger partial charge is 0.476 e. The fraction of sp³-hybridized carbons (Fsp3) is 0.222. The van der Waals surface area contributed by atoms with Gasteiger partial charge < -0.3 is 14.5 Å². The first-order valence-corrected chi connectivity index (χ1v) is 12.9. The van der Waals surface area contributed by atoms with Gasteiger partial charge in [-0.05, 0) is 74.1 Å². The summed E-state index contributed by atoms with van der Waals surface area (Å²) < 4.78 is 39.2. The molecule has 1 aliphatic heterocycles. The van der Waals surface area contributed by atoms with Gasteiger partial charge in [0.15, 0.2) is 17.3 Å². The monoisotopic (exact) mass is 549 g/mol. The van der Waals surface area contributed by atoms with Crippen molar-refractivity contribution in [3.8, 4) is 21.7 Å². The summed E-state index contributed by atoms with van der Waals surface area (Å²) in [5.41, 5.74) is 4.13. The van der Waals surface area contributed by atoms with E-state index in [1.54, 1.807) is 0 Å². The molecule has 1 amide bonds. The average Bonchev–Trinajstić information content (AvgIpc) is 3.62. The number of carboxylic acid groups (broad SMARTS) is 1. The SMILES string of the molecule is Cc1noc(C)c1-c1ccn2c(-c3cc(C(=O)O)ns3)c([C@@H]3CCCC(=O)N3c3ccc(F)c(F)c3)nc2c1. The molecular weight excluding hydrogens is 528 g/mol. The summed E-state index contributed by atoms with van der Waals surface area (Å²) in [5.74, 6) is -2.82. The van der Waals surface area contributed by atoms with Gasteiger partial charge in [0, 0.05) is 29.9 Å². The van der Waals surface area contributed by atoms with Crippen LogP contribution in [-0.4, -0.2) is 35.9 Å². The molecule has 5 aromatic rings. The van der Waals surface area contributed by atoms with Crippen LogP contribution in [-0.2, 0) is 4.79 Å². The minimum absolute atomic E-state index is 0.111. The Kier molecular flexibility index (Phi) is 5.98. The summed E-state index contributed by atoms with van der Waals surface area (Å²) in [6, 6.07) is 7.98. The van der Waals surface area contributed by atoms with Crippen LogP contribution in [0.2, 0.25) is 0 Å². The van der Waals surface area contributed by atoms with Crippen LogP contribution in [0.25, 0.3) is 27.3 Å². The van der Waals surface area contributed by atoms with E-state index in [1.807, 2.05) is 36.6 Å². The number of amides is 1. The molecule has 198 valence electrons. The maximum Gasteiger partial charge on any atom is 0.355 e. The second-order valence-corrected chi connectivity index (χ2v) is 10.1. The van der Waals surface area contributed by atoms with Crippen molar-refractivity contribution in [3.63, 3.8) is 0 Å². The van der Waals surface area contributed by atoms with E-state index >= 15 is 0 Å². The van der Waals surface area contributed by atoms with E-state index in [-0.39, 0.29) is 23.7 Å². The van der Waals surface area contributed by atoms with Crippen molar-refractivity contribution in [2.24, 2.45) is 0 Å². The van der Waals surface area contributed by atoms with Gasteiger partial charge in [-0.1, -0.05) is 5.16 Å². The summed E-state index contributed by atoms with van der Waals surface area (Å²) >= 11 is 1.01. The van der Waals surface area contributed by atoms with E-state index in [0.29, 0.717) is 40.5 Å². The predicted octanol–water partition coefficient (Wildman–Crippen LogP) is 5.96. The van der Waals surface area contributed by atoms with Crippen LogP contribution >= 0.6 is 11.5 Å². The Morgan fingerprint density at radius 2 is 1.97 bits per heavy atom. The topological polar surface area (TPSA) is 114 Å². The highest BCUT2D eigenvalue weighted by Gasteiger charge is 2.36. The Morgan fingerprint density at radius 1 is 1.15 bits per heavy atom. The zero-order valence-electron chi connectivity index (χ0n) is 20.8. The number of aromatic nitrogens is 4. The first-order chi connectivity index (χ1) is 18.7. The quantitative estimate of drug-likeness (QED) is 0.288. The maximum atomic E-state index is 14.2. The lowest BCUT2D eigenvalue weighted by Gasteiger charge is -2.35. The number of piperidine rings is 1. The number of benzene rings is 1. The normalized spacial score (nSPS) is 15.8. The van der Waals surface area contributed by atoms with Crippen molar-refractivity contribution < 1.29 is 28.0 Å². The smallest absolute Gasteiger partial charge is 0.355 e. The molecule has 1 saturated heterocycles. The zero-order chi connectivity index (χ0) is 27.4. The Morgan fingerprint density at radius 3 is 2.67 bits per heavy atom. The molecule has 39 heavy (non-hydrogen) atoms. The second-order valence-electron chi connectivity index (χ2n) is 9.34. The number of carbonyl (C=O) groups excluding carboxylic acids is 1. The van der Waals surface area contributed by atoms with E-state index in [9.17, 15) is 23.5 Å². The van der Waals surface area contributed by atoms with Crippen LogP contribution in [0.1, 0.15) is 52.9 Å². The molecule has 1 N–H and O–H groups in total. The number of aromatic carboxylic acids is 1. The molecule has 9 nitrogen and oxygen atoms in total. The predicted molar refractivity (Wildman–Crippen MR) is 139 cm³/mol. The third kappa shape index (κ3) is 4.16. The molecular formula is C27H21F2N5O4S. The van der Waals surface area contributed by atoms with Crippen LogP contribution < -0.4 is 4.90 Å². The molecule has 1 aliphatic rings. The summed E-state index contributed by atoms with van der Waals surface area (Å²) in [6.07, 6.45) is 3.15. The van der Waals surface area contributed by atoms with Crippen molar-refractivity contribution in [2.45, 2.75) is 39.2 Å². The number of aryl methyl sites for hydroxylation is 2. The highest BCUT2D eigenvalue weighted by Crippen LogP contribution is 2.42. The molecule has 5 heterocycles. The number of hydrogen-bond donors (Lipinski definition) is 1. The van der Waals surface area contributed by atoms with Crippen molar-refractivity contribution in [1.29, 1.82) is 0 Å². The minimum atomic E-state index is -1.16. The number of hydrogen-bond acceptors (Lipinski definition) is 7. The molecule has 12 heteroatoms. The van der Waals surface area contributed by atoms with Gasteiger partial charge in [-0.25, -0.2) is 18.6 Å². The number of imidazole rings is 1.